The number of halogens is 3. The van der Waals surface area contributed by atoms with Gasteiger partial charge >= 0.3 is 6.18 Å². The number of hydrogen-bond acceptors (Lipinski definition) is 6. The van der Waals surface area contributed by atoms with Crippen LogP contribution in [0.3, 0.4) is 0 Å². The number of sulfonamides is 1. The molecule has 2 heterocycles. The predicted molar refractivity (Wildman–Crippen MR) is 143 cm³/mol. The van der Waals surface area contributed by atoms with E-state index in [1.54, 1.807) is 24.8 Å². The molecule has 0 aliphatic carbocycles. The molecule has 0 unspecified atom stereocenters. The number of rotatable bonds is 10. The quantitative estimate of drug-likeness (QED) is 0.311. The normalized spacial score (nSPS) is 19.3. The zero-order valence-electron chi connectivity index (χ0n) is 21.9. The number of anilines is 1. The first-order valence-electron chi connectivity index (χ1n) is 12.6. The van der Waals surface area contributed by atoms with Gasteiger partial charge in [-0.2, -0.15) is 22.7 Å². The zero-order valence-corrected chi connectivity index (χ0v) is 23.6. The molecule has 210 valence electrons. The Morgan fingerprint density at radius 1 is 1.03 bits per heavy atom. The minimum atomic E-state index is -4.73. The van der Waals surface area contributed by atoms with Gasteiger partial charge in [0, 0.05) is 32.7 Å². The van der Waals surface area contributed by atoms with Crippen molar-refractivity contribution in [2.45, 2.75) is 57.7 Å². The minimum absolute atomic E-state index is 0.000676. The lowest BCUT2D eigenvalue weighted by Gasteiger charge is -2.33. The molecule has 0 radical (unpaired) electrons. The maximum Gasteiger partial charge on any atom is 0.417 e. The summed E-state index contributed by atoms with van der Waals surface area (Å²) in [5.41, 5.74) is -2.61. The third-order valence-corrected chi connectivity index (χ3v) is 8.87. The first-order chi connectivity index (χ1) is 17.7. The molecule has 8 nitrogen and oxygen atoms in total. The summed E-state index contributed by atoms with van der Waals surface area (Å²) >= 11 is 5.53. The van der Waals surface area contributed by atoms with E-state index < -0.39 is 38.8 Å². The number of benzene rings is 1. The topological polar surface area (TPSA) is 88.0 Å². The van der Waals surface area contributed by atoms with Gasteiger partial charge < -0.3 is 9.80 Å². The van der Waals surface area contributed by atoms with Crippen LogP contribution in [-0.2, 0) is 21.0 Å². The van der Waals surface area contributed by atoms with Crippen LogP contribution in [0.25, 0.3) is 0 Å². The Labute approximate surface area is 228 Å². The number of piperazine rings is 1. The summed E-state index contributed by atoms with van der Waals surface area (Å²) in [6.07, 6.45) is 1.23. The van der Waals surface area contributed by atoms with E-state index in [9.17, 15) is 26.4 Å². The molecule has 2 fully saturated rings. The lowest BCUT2D eigenvalue weighted by molar-refractivity contribution is -0.137. The number of amides is 1. The van der Waals surface area contributed by atoms with Gasteiger partial charge in [0.05, 0.1) is 29.1 Å². The molecule has 1 amide bonds. The molecular weight excluding hydrogens is 539 g/mol. The number of alkyl halides is 3. The van der Waals surface area contributed by atoms with E-state index >= 15 is 0 Å². The molecule has 0 atom stereocenters. The van der Waals surface area contributed by atoms with E-state index in [2.05, 4.69) is 4.90 Å². The standard InChI is InChI=1S/C25H34F3N5O3S2/c1-24(2)22(34)33(20-10-9-19(18-29)21(17-20)25(26,27)28)23(37)32(24)12-8-6-4-5-7-11-30-13-15-31(16-14-30)38(3,35)36/h9-10,17H,4-8,11-16H2,1-3H3. The molecule has 2 aliphatic rings. The summed E-state index contributed by atoms with van der Waals surface area (Å²) in [7, 11) is -3.13. The van der Waals surface area contributed by atoms with Gasteiger partial charge in [-0.15, -0.1) is 0 Å². The number of nitrogens with zero attached hydrogens (tertiary/aromatic N) is 5. The Morgan fingerprint density at radius 3 is 2.16 bits per heavy atom. The van der Waals surface area contributed by atoms with Crippen molar-refractivity contribution >= 4 is 38.9 Å². The first-order valence-corrected chi connectivity index (χ1v) is 14.9. The highest BCUT2D eigenvalue weighted by atomic mass is 32.2. The van der Waals surface area contributed by atoms with Crippen LogP contribution in [0.2, 0.25) is 0 Å². The van der Waals surface area contributed by atoms with Gasteiger partial charge in [-0.3, -0.25) is 9.69 Å². The van der Waals surface area contributed by atoms with Gasteiger partial charge in [0.2, 0.25) is 10.0 Å². The highest BCUT2D eigenvalue weighted by molar-refractivity contribution is 7.88. The molecule has 0 N–H and O–H groups in total. The van der Waals surface area contributed by atoms with E-state index in [1.807, 2.05) is 0 Å². The second-order valence-electron chi connectivity index (χ2n) is 10.2. The lowest BCUT2D eigenvalue weighted by atomic mass is 10.0. The zero-order chi connectivity index (χ0) is 28.3. The van der Waals surface area contributed by atoms with Crippen molar-refractivity contribution in [3.05, 3.63) is 29.3 Å². The van der Waals surface area contributed by atoms with Gasteiger partial charge in [0.1, 0.15) is 5.54 Å². The number of unbranched alkanes of at least 4 members (excludes halogenated alkanes) is 4. The van der Waals surface area contributed by atoms with Crippen LogP contribution in [-0.4, -0.2) is 84.6 Å². The van der Waals surface area contributed by atoms with Crippen molar-refractivity contribution in [1.82, 2.24) is 14.1 Å². The molecule has 1 aromatic rings. The Hall–Kier alpha value is -2.27. The molecule has 0 saturated carbocycles. The Balaban J connectivity index is 1.48. The summed E-state index contributed by atoms with van der Waals surface area (Å²) in [6, 6.07) is 4.74. The van der Waals surface area contributed by atoms with Crippen molar-refractivity contribution in [2.24, 2.45) is 0 Å². The SMILES string of the molecule is CC1(C)C(=O)N(c2ccc(C#N)c(C(F)(F)F)c2)C(=S)N1CCCCCCCN1CCN(S(C)(=O)=O)CC1. The second kappa shape index (κ2) is 11.9. The molecule has 0 aromatic heterocycles. The van der Waals surface area contributed by atoms with Crippen molar-refractivity contribution in [3.63, 3.8) is 0 Å². The number of carbonyl (C=O) groups is 1. The van der Waals surface area contributed by atoms with E-state index in [-0.39, 0.29) is 10.8 Å². The summed E-state index contributed by atoms with van der Waals surface area (Å²) in [4.78, 5) is 18.3. The maximum atomic E-state index is 13.5. The third kappa shape index (κ3) is 6.83. The average molecular weight is 574 g/mol. The summed E-state index contributed by atoms with van der Waals surface area (Å²) in [5.74, 6) is -0.406. The molecular formula is C25H34F3N5O3S2. The molecule has 13 heteroatoms. The Morgan fingerprint density at radius 2 is 1.61 bits per heavy atom. The van der Waals surface area contributed by atoms with Crippen molar-refractivity contribution in [2.75, 3.05) is 50.4 Å². The van der Waals surface area contributed by atoms with Crippen LogP contribution in [0.1, 0.15) is 57.1 Å². The molecule has 2 saturated heterocycles. The lowest BCUT2D eigenvalue weighted by Crippen LogP contribution is -2.48. The molecule has 38 heavy (non-hydrogen) atoms. The molecule has 0 bridgehead atoms. The van der Waals surface area contributed by atoms with Gasteiger partial charge in [0.25, 0.3) is 5.91 Å². The highest BCUT2D eigenvalue weighted by Gasteiger charge is 2.49. The highest BCUT2D eigenvalue weighted by Crippen LogP contribution is 2.38. The summed E-state index contributed by atoms with van der Waals surface area (Å²) < 4.78 is 65.1. The van der Waals surface area contributed by atoms with Crippen molar-refractivity contribution < 1.29 is 26.4 Å². The van der Waals surface area contributed by atoms with E-state index in [0.717, 1.165) is 68.8 Å². The maximum absolute atomic E-state index is 13.5. The second-order valence-corrected chi connectivity index (χ2v) is 12.6. The van der Waals surface area contributed by atoms with Crippen LogP contribution < -0.4 is 4.90 Å². The fraction of sp³-hybridized carbons (Fsp3) is 0.640. The molecule has 0 spiro atoms. The van der Waals surface area contributed by atoms with E-state index in [1.165, 1.54) is 16.6 Å². The number of carbonyl (C=O) groups excluding carboxylic acids is 1. The van der Waals surface area contributed by atoms with Gasteiger partial charge in [-0.25, -0.2) is 8.42 Å². The minimum Gasteiger partial charge on any atom is -0.334 e. The Bertz CT molecular complexity index is 1190. The van der Waals surface area contributed by atoms with Crippen molar-refractivity contribution in [1.29, 1.82) is 5.26 Å². The first kappa shape index (κ1) is 30.3. The number of thiocarbonyl (C=S) groups is 1. The van der Waals surface area contributed by atoms with Crippen molar-refractivity contribution in [3.8, 4) is 6.07 Å². The third-order valence-electron chi connectivity index (χ3n) is 7.17. The van der Waals surface area contributed by atoms with E-state index in [0.29, 0.717) is 19.6 Å². The average Bonchev–Trinajstić information content (AvgIpc) is 3.01. The summed E-state index contributed by atoms with van der Waals surface area (Å²) in [6.45, 7) is 7.38. The van der Waals surface area contributed by atoms with Crippen LogP contribution in [0.5, 0.6) is 0 Å². The van der Waals surface area contributed by atoms with E-state index in [4.69, 9.17) is 17.5 Å². The monoisotopic (exact) mass is 573 g/mol. The molecule has 2 aliphatic heterocycles. The predicted octanol–water partition coefficient (Wildman–Crippen LogP) is 3.82. The molecule has 1 aromatic carbocycles. The largest absolute Gasteiger partial charge is 0.417 e. The van der Waals surface area contributed by atoms with Gasteiger partial charge in [-0.05, 0) is 63.7 Å². The van der Waals surface area contributed by atoms with Crippen LogP contribution in [0.4, 0.5) is 18.9 Å². The number of nitriles is 1. The van der Waals surface area contributed by atoms with Gasteiger partial charge in [0.15, 0.2) is 5.11 Å². The smallest absolute Gasteiger partial charge is 0.334 e. The van der Waals surface area contributed by atoms with Crippen LogP contribution in [0.15, 0.2) is 18.2 Å². The molecule has 3 rings (SSSR count). The summed E-state index contributed by atoms with van der Waals surface area (Å²) in [5, 5.41) is 9.21. The van der Waals surface area contributed by atoms with Gasteiger partial charge in [-0.1, -0.05) is 19.3 Å². The van der Waals surface area contributed by atoms with Crippen LogP contribution in [0, 0.1) is 11.3 Å². The fourth-order valence-electron chi connectivity index (χ4n) is 4.86. The Kier molecular flexibility index (Phi) is 9.45. The fourth-order valence-corrected chi connectivity index (χ4v) is 6.20. The van der Waals surface area contributed by atoms with Crippen LogP contribution >= 0.6 is 12.2 Å². The number of hydrogen-bond donors (Lipinski definition) is 0.